The minimum Gasteiger partial charge on any atom is -0.496 e. The molecule has 192 valence electrons. The van der Waals surface area contributed by atoms with Gasteiger partial charge in [0.25, 0.3) is 0 Å². The van der Waals surface area contributed by atoms with Crippen molar-refractivity contribution in [3.8, 4) is 17.2 Å². The highest BCUT2D eigenvalue weighted by molar-refractivity contribution is 5.84. The maximum absolute atomic E-state index is 12.5. The molecule has 2 rings (SSSR count). The molecular formula is C22H26O13. The minimum atomic E-state index is -1.55. The fourth-order valence-corrected chi connectivity index (χ4v) is 4.20. The predicted molar refractivity (Wildman–Crippen MR) is 113 cm³/mol. The molecule has 1 aromatic carbocycles. The highest BCUT2D eigenvalue weighted by Crippen LogP contribution is 2.43. The number of benzene rings is 1. The molecule has 3 N–H and O–H groups in total. The Hall–Kier alpha value is -3.87. The van der Waals surface area contributed by atoms with E-state index in [0.29, 0.717) is 6.29 Å². The van der Waals surface area contributed by atoms with Crippen molar-refractivity contribution in [2.75, 3.05) is 21.3 Å². The van der Waals surface area contributed by atoms with E-state index in [1.54, 1.807) is 0 Å². The van der Waals surface area contributed by atoms with E-state index in [-0.39, 0.29) is 22.8 Å². The normalized spacial score (nSPS) is 23.6. The van der Waals surface area contributed by atoms with Crippen LogP contribution in [0, 0.1) is 17.8 Å². The Morgan fingerprint density at radius 2 is 1.34 bits per heavy atom. The van der Waals surface area contributed by atoms with E-state index >= 15 is 0 Å². The second-order valence-corrected chi connectivity index (χ2v) is 7.71. The van der Waals surface area contributed by atoms with Crippen LogP contribution in [0.15, 0.2) is 12.1 Å². The molecule has 0 bridgehead atoms. The van der Waals surface area contributed by atoms with E-state index in [9.17, 15) is 39.3 Å². The maximum atomic E-state index is 12.5. The average Bonchev–Trinajstić information content (AvgIpc) is 2.80. The van der Waals surface area contributed by atoms with Crippen molar-refractivity contribution in [1.82, 2.24) is 0 Å². The number of hydrogen-bond acceptors (Lipinski definition) is 10. The van der Waals surface area contributed by atoms with Crippen molar-refractivity contribution in [2.24, 2.45) is 17.8 Å². The average molecular weight is 498 g/mol. The molecule has 0 aromatic heterocycles. The van der Waals surface area contributed by atoms with Gasteiger partial charge in [-0.05, 0) is 5.92 Å². The Bertz CT molecular complexity index is 947. The molecule has 1 saturated heterocycles. The fraction of sp³-hybridized carbons (Fsp3) is 0.500. The number of carboxylic acids is 3. The van der Waals surface area contributed by atoms with Gasteiger partial charge in [0.2, 0.25) is 6.29 Å². The van der Waals surface area contributed by atoms with Gasteiger partial charge < -0.3 is 39.0 Å². The first kappa shape index (κ1) is 27.4. The van der Waals surface area contributed by atoms with Crippen LogP contribution in [-0.4, -0.2) is 79.2 Å². The standard InChI is InChI=1S/C22H26O13/c1-31-15-4-10(5-16(32-2)14(15)9-23)34-22-13(8-19(28)29)11(6-17(24)25)12(7-18(26)27)20(35-22)21(30)33-3/h4-5,9,11-13,20,22H,6-8H2,1-3H3,(H,24,25)(H,26,27)(H,28,29)/t11-,12-,13+,20-,22+/m0/s1. The van der Waals surface area contributed by atoms with Crippen LogP contribution in [0.25, 0.3) is 0 Å². The lowest BCUT2D eigenvalue weighted by Crippen LogP contribution is -2.54. The van der Waals surface area contributed by atoms with E-state index < -0.39 is 73.3 Å². The summed E-state index contributed by atoms with van der Waals surface area (Å²) >= 11 is 0. The second kappa shape index (κ2) is 12.0. The summed E-state index contributed by atoms with van der Waals surface area (Å²) in [7, 11) is 3.63. The molecule has 0 amide bonds. The summed E-state index contributed by atoms with van der Waals surface area (Å²) in [5.74, 6) is -8.34. The third-order valence-corrected chi connectivity index (χ3v) is 5.67. The van der Waals surface area contributed by atoms with Gasteiger partial charge >= 0.3 is 23.9 Å². The molecule has 5 atom stereocenters. The molecule has 13 nitrogen and oxygen atoms in total. The number of carbonyl (C=O) groups excluding carboxylic acids is 2. The van der Waals surface area contributed by atoms with Crippen molar-refractivity contribution in [1.29, 1.82) is 0 Å². The quantitative estimate of drug-likeness (QED) is 0.274. The number of esters is 1. The van der Waals surface area contributed by atoms with Gasteiger partial charge in [-0.1, -0.05) is 0 Å². The van der Waals surface area contributed by atoms with Gasteiger partial charge in [0.15, 0.2) is 12.4 Å². The number of aliphatic carboxylic acids is 3. The number of carboxylic acid groups (broad SMARTS) is 3. The third-order valence-electron chi connectivity index (χ3n) is 5.67. The number of methoxy groups -OCH3 is 3. The van der Waals surface area contributed by atoms with Crippen LogP contribution in [0.4, 0.5) is 0 Å². The zero-order chi connectivity index (χ0) is 26.3. The number of hydrogen-bond donors (Lipinski definition) is 3. The van der Waals surface area contributed by atoms with E-state index in [1.807, 2.05) is 0 Å². The van der Waals surface area contributed by atoms with Gasteiger partial charge in [0.05, 0.1) is 39.7 Å². The Balaban J connectivity index is 2.59. The highest BCUT2D eigenvalue weighted by atomic mass is 16.7. The first-order chi connectivity index (χ1) is 16.6. The Morgan fingerprint density at radius 1 is 0.857 bits per heavy atom. The Labute approximate surface area is 199 Å². The van der Waals surface area contributed by atoms with Crippen molar-refractivity contribution in [3.63, 3.8) is 0 Å². The number of aldehydes is 1. The lowest BCUT2D eigenvalue weighted by molar-refractivity contribution is -0.233. The summed E-state index contributed by atoms with van der Waals surface area (Å²) in [5.41, 5.74) is 0.0757. The van der Waals surface area contributed by atoms with E-state index in [1.165, 1.54) is 26.4 Å². The largest absolute Gasteiger partial charge is 0.496 e. The smallest absolute Gasteiger partial charge is 0.335 e. The second-order valence-electron chi connectivity index (χ2n) is 7.71. The van der Waals surface area contributed by atoms with Crippen LogP contribution in [0.5, 0.6) is 17.2 Å². The van der Waals surface area contributed by atoms with Gasteiger partial charge in [0.1, 0.15) is 17.2 Å². The highest BCUT2D eigenvalue weighted by Gasteiger charge is 2.51. The first-order valence-corrected chi connectivity index (χ1v) is 10.3. The van der Waals surface area contributed by atoms with Crippen LogP contribution in [0.1, 0.15) is 29.6 Å². The molecule has 0 saturated carbocycles. The lowest BCUT2D eigenvalue weighted by atomic mass is 9.71. The molecule has 1 aliphatic heterocycles. The molecule has 0 spiro atoms. The lowest BCUT2D eigenvalue weighted by Gasteiger charge is -2.44. The van der Waals surface area contributed by atoms with Gasteiger partial charge in [0, 0.05) is 30.4 Å². The summed E-state index contributed by atoms with van der Waals surface area (Å²) < 4.78 is 26.6. The van der Waals surface area contributed by atoms with Crippen LogP contribution in [-0.2, 0) is 28.7 Å². The predicted octanol–water partition coefficient (Wildman–Crippen LogP) is 1.07. The van der Waals surface area contributed by atoms with Gasteiger partial charge in [-0.2, -0.15) is 0 Å². The number of carbonyl (C=O) groups is 5. The van der Waals surface area contributed by atoms with Crippen molar-refractivity contribution >= 4 is 30.2 Å². The summed E-state index contributed by atoms with van der Waals surface area (Å²) in [6.07, 6.45) is -4.51. The molecule has 1 aliphatic rings. The molecule has 0 unspecified atom stereocenters. The molecule has 13 heteroatoms. The van der Waals surface area contributed by atoms with Crippen molar-refractivity contribution in [2.45, 2.75) is 31.7 Å². The van der Waals surface area contributed by atoms with Crippen LogP contribution >= 0.6 is 0 Å². The van der Waals surface area contributed by atoms with Crippen molar-refractivity contribution in [3.05, 3.63) is 17.7 Å². The Morgan fingerprint density at radius 3 is 1.77 bits per heavy atom. The topological polar surface area (TPSA) is 192 Å². The van der Waals surface area contributed by atoms with Crippen molar-refractivity contribution < 1.29 is 63.0 Å². The maximum Gasteiger partial charge on any atom is 0.335 e. The van der Waals surface area contributed by atoms with E-state index in [0.717, 1.165) is 7.11 Å². The molecule has 0 aliphatic carbocycles. The summed E-state index contributed by atoms with van der Waals surface area (Å²) in [6.45, 7) is 0. The number of ether oxygens (including phenoxy) is 5. The molecule has 1 heterocycles. The SMILES string of the molecule is COC(=O)[C@H]1O[C@@H](Oc2cc(OC)c(C=O)c(OC)c2)[C@H](CC(=O)O)[C@@H](CC(=O)O)[C@@H]1CC(=O)O. The molecular weight excluding hydrogens is 472 g/mol. The molecule has 35 heavy (non-hydrogen) atoms. The van der Waals surface area contributed by atoms with Crippen LogP contribution in [0.3, 0.4) is 0 Å². The third kappa shape index (κ3) is 6.59. The molecule has 0 radical (unpaired) electrons. The fourth-order valence-electron chi connectivity index (χ4n) is 4.20. The monoisotopic (exact) mass is 498 g/mol. The minimum absolute atomic E-state index is 0.000867. The molecule has 1 aromatic rings. The van der Waals surface area contributed by atoms with E-state index in [4.69, 9.17) is 23.7 Å². The zero-order valence-corrected chi connectivity index (χ0v) is 19.2. The summed E-state index contributed by atoms with van der Waals surface area (Å²) in [6, 6.07) is 2.60. The van der Waals surface area contributed by atoms with E-state index in [2.05, 4.69) is 0 Å². The Kier molecular flexibility index (Phi) is 9.40. The summed E-state index contributed by atoms with van der Waals surface area (Å²) in [4.78, 5) is 58.6. The first-order valence-electron chi connectivity index (χ1n) is 10.3. The van der Waals surface area contributed by atoms with Gasteiger partial charge in [-0.3, -0.25) is 19.2 Å². The number of rotatable bonds is 12. The van der Waals surface area contributed by atoms with Crippen LogP contribution in [0.2, 0.25) is 0 Å². The van der Waals surface area contributed by atoms with Gasteiger partial charge in [-0.15, -0.1) is 0 Å². The zero-order valence-electron chi connectivity index (χ0n) is 19.2. The summed E-state index contributed by atoms with van der Waals surface area (Å²) in [5, 5.41) is 28.3. The van der Waals surface area contributed by atoms with Gasteiger partial charge in [-0.25, -0.2) is 4.79 Å². The molecule has 1 fully saturated rings. The van der Waals surface area contributed by atoms with Crippen LogP contribution < -0.4 is 14.2 Å².